The zero-order chi connectivity index (χ0) is 7.19. The standard InChI is InChI=1S/C6H9NO3/c8-5(9)4-6(3-10-4)1-7-2-6/h4,7H,1-3H2,(H,8,9). The zero-order valence-corrected chi connectivity index (χ0v) is 5.46. The fourth-order valence-electron chi connectivity index (χ4n) is 1.47. The summed E-state index contributed by atoms with van der Waals surface area (Å²) in [4.78, 5) is 10.4. The van der Waals surface area contributed by atoms with Gasteiger partial charge in [-0.15, -0.1) is 0 Å². The Hall–Kier alpha value is -0.610. The predicted molar refractivity (Wildman–Crippen MR) is 32.7 cm³/mol. The Morgan fingerprint density at radius 2 is 2.40 bits per heavy atom. The first-order chi connectivity index (χ1) is 4.75. The van der Waals surface area contributed by atoms with Crippen LogP contribution in [0.5, 0.6) is 0 Å². The van der Waals surface area contributed by atoms with E-state index in [4.69, 9.17) is 9.84 Å². The van der Waals surface area contributed by atoms with E-state index >= 15 is 0 Å². The van der Waals surface area contributed by atoms with Crippen molar-refractivity contribution in [3.8, 4) is 0 Å². The van der Waals surface area contributed by atoms with Crippen LogP contribution in [0.2, 0.25) is 0 Å². The quantitative estimate of drug-likeness (QED) is 0.497. The van der Waals surface area contributed by atoms with E-state index in [-0.39, 0.29) is 5.41 Å². The van der Waals surface area contributed by atoms with Gasteiger partial charge in [-0.05, 0) is 0 Å². The summed E-state index contributed by atoms with van der Waals surface area (Å²) in [5.41, 5.74) is -0.0498. The van der Waals surface area contributed by atoms with Gasteiger partial charge in [0.05, 0.1) is 12.0 Å². The minimum atomic E-state index is -0.826. The maximum atomic E-state index is 10.4. The van der Waals surface area contributed by atoms with E-state index in [1.54, 1.807) is 0 Å². The third kappa shape index (κ3) is 0.552. The molecule has 0 aliphatic carbocycles. The smallest absolute Gasteiger partial charge is 0.333 e. The summed E-state index contributed by atoms with van der Waals surface area (Å²) in [5.74, 6) is -0.826. The van der Waals surface area contributed by atoms with E-state index in [9.17, 15) is 4.79 Å². The first-order valence-electron chi connectivity index (χ1n) is 3.30. The van der Waals surface area contributed by atoms with Crippen LogP contribution < -0.4 is 5.32 Å². The molecule has 4 heteroatoms. The summed E-state index contributed by atoms with van der Waals surface area (Å²) in [5, 5.41) is 11.6. The van der Waals surface area contributed by atoms with Crippen molar-refractivity contribution in [1.82, 2.24) is 5.32 Å². The summed E-state index contributed by atoms with van der Waals surface area (Å²) in [6.45, 7) is 2.20. The highest BCUT2D eigenvalue weighted by molar-refractivity contribution is 5.75. The Balaban J connectivity index is 2.05. The minimum Gasteiger partial charge on any atom is -0.479 e. The van der Waals surface area contributed by atoms with Crippen LogP contribution in [-0.2, 0) is 9.53 Å². The molecule has 0 bridgehead atoms. The third-order valence-corrected chi connectivity index (χ3v) is 2.27. The maximum Gasteiger partial charge on any atom is 0.333 e. The van der Waals surface area contributed by atoms with Crippen LogP contribution in [0.1, 0.15) is 0 Å². The van der Waals surface area contributed by atoms with Crippen LogP contribution in [0.15, 0.2) is 0 Å². The molecule has 2 heterocycles. The summed E-state index contributed by atoms with van der Waals surface area (Å²) in [6, 6.07) is 0. The monoisotopic (exact) mass is 143 g/mol. The van der Waals surface area contributed by atoms with Gasteiger partial charge in [0.15, 0.2) is 6.10 Å². The number of hydrogen-bond donors (Lipinski definition) is 2. The number of ether oxygens (including phenoxy) is 1. The molecule has 0 aromatic heterocycles. The lowest BCUT2D eigenvalue weighted by atomic mass is 9.73. The topological polar surface area (TPSA) is 58.6 Å². The molecule has 1 atom stereocenters. The highest BCUT2D eigenvalue weighted by Gasteiger charge is 2.56. The van der Waals surface area contributed by atoms with Crippen molar-refractivity contribution in [3.05, 3.63) is 0 Å². The van der Waals surface area contributed by atoms with Crippen LogP contribution in [0, 0.1) is 5.41 Å². The lowest BCUT2D eigenvalue weighted by Crippen LogP contribution is -2.71. The maximum absolute atomic E-state index is 10.4. The van der Waals surface area contributed by atoms with Crippen LogP contribution in [0.3, 0.4) is 0 Å². The molecule has 2 saturated heterocycles. The van der Waals surface area contributed by atoms with E-state index in [1.807, 2.05) is 0 Å². The van der Waals surface area contributed by atoms with Gasteiger partial charge >= 0.3 is 5.97 Å². The Kier molecular flexibility index (Phi) is 1.04. The van der Waals surface area contributed by atoms with Crippen LogP contribution in [0.4, 0.5) is 0 Å². The normalized spacial score (nSPS) is 34.6. The van der Waals surface area contributed by atoms with Crippen molar-refractivity contribution in [2.75, 3.05) is 19.7 Å². The summed E-state index contributed by atoms with van der Waals surface area (Å²) < 4.78 is 4.91. The van der Waals surface area contributed by atoms with Gasteiger partial charge < -0.3 is 15.2 Å². The Labute approximate surface area is 58.2 Å². The number of carboxylic acid groups (broad SMARTS) is 1. The summed E-state index contributed by atoms with van der Waals surface area (Å²) in [6.07, 6.45) is -0.547. The van der Waals surface area contributed by atoms with E-state index in [0.29, 0.717) is 6.61 Å². The van der Waals surface area contributed by atoms with Gasteiger partial charge in [-0.2, -0.15) is 0 Å². The first kappa shape index (κ1) is 6.12. The van der Waals surface area contributed by atoms with Crippen molar-refractivity contribution in [3.63, 3.8) is 0 Å². The van der Waals surface area contributed by atoms with E-state index in [0.717, 1.165) is 13.1 Å². The van der Waals surface area contributed by atoms with E-state index < -0.39 is 12.1 Å². The van der Waals surface area contributed by atoms with E-state index in [1.165, 1.54) is 0 Å². The molecule has 2 fully saturated rings. The second kappa shape index (κ2) is 1.71. The van der Waals surface area contributed by atoms with Crippen molar-refractivity contribution in [1.29, 1.82) is 0 Å². The lowest BCUT2D eigenvalue weighted by Gasteiger charge is -2.53. The number of carbonyl (C=O) groups is 1. The fraction of sp³-hybridized carbons (Fsp3) is 0.833. The molecule has 0 aromatic carbocycles. The molecule has 1 spiro atoms. The van der Waals surface area contributed by atoms with Gasteiger partial charge in [0, 0.05) is 13.1 Å². The number of rotatable bonds is 1. The second-order valence-electron chi connectivity index (χ2n) is 3.00. The molecule has 0 saturated carbocycles. The second-order valence-corrected chi connectivity index (χ2v) is 3.00. The van der Waals surface area contributed by atoms with Gasteiger partial charge in [-0.25, -0.2) is 4.79 Å². The van der Waals surface area contributed by atoms with Crippen molar-refractivity contribution >= 4 is 5.97 Å². The van der Waals surface area contributed by atoms with E-state index in [2.05, 4.69) is 5.32 Å². The molecule has 10 heavy (non-hydrogen) atoms. The molecule has 4 nitrogen and oxygen atoms in total. The molecule has 1 unspecified atom stereocenters. The molecule has 0 radical (unpaired) electrons. The number of nitrogens with one attached hydrogen (secondary N) is 1. The average molecular weight is 143 g/mol. The molecule has 56 valence electrons. The molecular formula is C6H9NO3. The molecule has 2 aliphatic heterocycles. The SMILES string of the molecule is O=C(O)C1OCC12CNC2. The highest BCUT2D eigenvalue weighted by atomic mass is 16.5. The Morgan fingerprint density at radius 3 is 2.50 bits per heavy atom. The van der Waals surface area contributed by atoms with Gasteiger partial charge in [0.1, 0.15) is 0 Å². The highest BCUT2D eigenvalue weighted by Crippen LogP contribution is 2.38. The van der Waals surface area contributed by atoms with Crippen LogP contribution in [0.25, 0.3) is 0 Å². The number of hydrogen-bond acceptors (Lipinski definition) is 3. The molecule has 2 aliphatic rings. The zero-order valence-electron chi connectivity index (χ0n) is 5.46. The first-order valence-corrected chi connectivity index (χ1v) is 3.30. The number of carboxylic acids is 1. The minimum absolute atomic E-state index is 0.0498. The Morgan fingerprint density at radius 1 is 1.70 bits per heavy atom. The predicted octanol–water partition coefficient (Wildman–Crippen LogP) is -0.941. The average Bonchev–Trinajstić information content (AvgIpc) is 1.53. The van der Waals surface area contributed by atoms with Gasteiger partial charge in [-0.1, -0.05) is 0 Å². The third-order valence-electron chi connectivity index (χ3n) is 2.27. The number of aliphatic carboxylic acids is 1. The Bertz CT molecular complexity index is 170. The molecular weight excluding hydrogens is 134 g/mol. The van der Waals surface area contributed by atoms with Gasteiger partial charge in [0.25, 0.3) is 0 Å². The summed E-state index contributed by atoms with van der Waals surface area (Å²) in [7, 11) is 0. The lowest BCUT2D eigenvalue weighted by molar-refractivity contribution is -0.221. The van der Waals surface area contributed by atoms with Gasteiger partial charge in [0.2, 0.25) is 0 Å². The molecule has 0 amide bonds. The fourth-order valence-corrected chi connectivity index (χ4v) is 1.47. The van der Waals surface area contributed by atoms with Crippen molar-refractivity contribution in [2.24, 2.45) is 5.41 Å². The van der Waals surface area contributed by atoms with Crippen molar-refractivity contribution < 1.29 is 14.6 Å². The van der Waals surface area contributed by atoms with Crippen molar-refractivity contribution in [2.45, 2.75) is 6.10 Å². The molecule has 2 rings (SSSR count). The van der Waals surface area contributed by atoms with Crippen LogP contribution >= 0.6 is 0 Å². The largest absolute Gasteiger partial charge is 0.479 e. The summed E-state index contributed by atoms with van der Waals surface area (Å²) >= 11 is 0. The molecule has 2 N–H and O–H groups in total. The van der Waals surface area contributed by atoms with Crippen LogP contribution in [-0.4, -0.2) is 36.9 Å². The van der Waals surface area contributed by atoms with Gasteiger partial charge in [-0.3, -0.25) is 0 Å². The molecule has 0 aromatic rings.